The summed E-state index contributed by atoms with van der Waals surface area (Å²) in [6, 6.07) is 0.833. The van der Waals surface area contributed by atoms with Crippen molar-refractivity contribution in [2.75, 3.05) is 26.4 Å². The van der Waals surface area contributed by atoms with Gasteiger partial charge in [0.05, 0.1) is 12.2 Å². The van der Waals surface area contributed by atoms with Crippen LogP contribution in [0, 0.1) is 5.92 Å². The molecule has 3 atom stereocenters. The first kappa shape index (κ1) is 20.1. The van der Waals surface area contributed by atoms with Gasteiger partial charge in [-0.15, -0.1) is 0 Å². The van der Waals surface area contributed by atoms with Crippen LogP contribution in [0.25, 0.3) is 0 Å². The Balaban J connectivity index is 2.50. The van der Waals surface area contributed by atoms with E-state index in [2.05, 4.69) is 0 Å². The number of rotatable bonds is 11. The zero-order chi connectivity index (χ0) is 16.4. The van der Waals surface area contributed by atoms with Gasteiger partial charge in [-0.25, -0.2) is 0 Å². The Bertz CT molecular complexity index is 273. The highest BCUT2D eigenvalue weighted by molar-refractivity contribution is 6.60. The molecular weight excluding hydrogens is 300 g/mol. The zero-order valence-electron chi connectivity index (χ0n) is 14.7. The molecule has 0 radical (unpaired) electrons. The van der Waals surface area contributed by atoms with E-state index in [9.17, 15) is 5.11 Å². The van der Waals surface area contributed by atoms with Crippen molar-refractivity contribution in [3.05, 3.63) is 0 Å². The molecule has 0 aromatic carbocycles. The fourth-order valence-corrected chi connectivity index (χ4v) is 6.02. The van der Waals surface area contributed by atoms with E-state index >= 15 is 0 Å². The molecule has 0 aliphatic heterocycles. The van der Waals surface area contributed by atoms with Crippen molar-refractivity contribution in [2.24, 2.45) is 5.92 Å². The molecule has 0 aromatic heterocycles. The van der Waals surface area contributed by atoms with Crippen molar-refractivity contribution in [1.82, 2.24) is 0 Å². The zero-order valence-corrected chi connectivity index (χ0v) is 15.7. The molecular formula is C16H34O5Si. The molecule has 1 aliphatic rings. The van der Waals surface area contributed by atoms with Crippen LogP contribution >= 0.6 is 0 Å². The molecule has 1 N–H and O–H groups in total. The summed E-state index contributed by atoms with van der Waals surface area (Å²) in [5.74, 6) is 0.500. The maximum atomic E-state index is 10.2. The van der Waals surface area contributed by atoms with Crippen molar-refractivity contribution in [1.29, 1.82) is 0 Å². The Morgan fingerprint density at radius 3 is 1.95 bits per heavy atom. The number of aliphatic hydroxyl groups excluding tert-OH is 1. The third kappa shape index (κ3) is 6.26. The highest BCUT2D eigenvalue weighted by Gasteiger charge is 2.41. The van der Waals surface area contributed by atoms with Crippen molar-refractivity contribution in [3.8, 4) is 0 Å². The smallest absolute Gasteiger partial charge is 0.390 e. The lowest BCUT2D eigenvalue weighted by atomic mass is 9.84. The standard InChI is InChI=1S/C16H34O5Si/c1-5-18-16-10-9-14(13-15(16)17)11-12-22(19-6-2,20-7-3)21-8-4/h14-17H,5-13H2,1-4H3. The molecule has 0 amide bonds. The maximum absolute atomic E-state index is 10.2. The molecule has 0 aromatic rings. The second kappa shape index (κ2) is 10.7. The third-order valence-electron chi connectivity index (χ3n) is 4.20. The van der Waals surface area contributed by atoms with Crippen LogP contribution in [-0.2, 0) is 18.0 Å². The lowest BCUT2D eigenvalue weighted by Gasteiger charge is -2.35. The highest BCUT2D eigenvalue weighted by Crippen LogP contribution is 2.32. The fraction of sp³-hybridized carbons (Fsp3) is 1.00. The molecule has 3 unspecified atom stereocenters. The molecule has 0 spiro atoms. The third-order valence-corrected chi connectivity index (χ3v) is 7.28. The number of hydrogen-bond acceptors (Lipinski definition) is 5. The maximum Gasteiger partial charge on any atom is 0.500 e. The molecule has 1 aliphatic carbocycles. The summed E-state index contributed by atoms with van der Waals surface area (Å²) in [7, 11) is -2.55. The van der Waals surface area contributed by atoms with Gasteiger partial charge in [0.2, 0.25) is 0 Å². The molecule has 1 rings (SSSR count). The topological polar surface area (TPSA) is 57.2 Å². The Morgan fingerprint density at radius 2 is 1.50 bits per heavy atom. The van der Waals surface area contributed by atoms with Crippen molar-refractivity contribution < 1.29 is 23.1 Å². The second-order valence-corrected chi connectivity index (χ2v) is 8.49. The van der Waals surface area contributed by atoms with Crippen LogP contribution in [0.3, 0.4) is 0 Å². The van der Waals surface area contributed by atoms with E-state index in [4.69, 9.17) is 18.0 Å². The van der Waals surface area contributed by atoms with Gasteiger partial charge in [0.1, 0.15) is 0 Å². The Labute approximate surface area is 136 Å². The van der Waals surface area contributed by atoms with E-state index in [0.29, 0.717) is 32.3 Å². The summed E-state index contributed by atoms with van der Waals surface area (Å²) in [6.45, 7) is 10.4. The number of aliphatic hydroxyl groups is 1. The van der Waals surface area contributed by atoms with Gasteiger partial charge in [-0.3, -0.25) is 0 Å². The van der Waals surface area contributed by atoms with Crippen LogP contribution in [0.2, 0.25) is 6.04 Å². The summed E-state index contributed by atoms with van der Waals surface area (Å²) in [4.78, 5) is 0. The van der Waals surface area contributed by atoms with Crippen LogP contribution in [0.5, 0.6) is 0 Å². The minimum Gasteiger partial charge on any atom is -0.390 e. The molecule has 0 saturated heterocycles. The van der Waals surface area contributed by atoms with Gasteiger partial charge in [0.15, 0.2) is 0 Å². The van der Waals surface area contributed by atoms with E-state index in [1.807, 2.05) is 27.7 Å². The highest BCUT2D eigenvalue weighted by atomic mass is 28.4. The molecule has 6 heteroatoms. The van der Waals surface area contributed by atoms with E-state index in [-0.39, 0.29) is 12.2 Å². The molecule has 22 heavy (non-hydrogen) atoms. The average molecular weight is 335 g/mol. The van der Waals surface area contributed by atoms with Crippen molar-refractivity contribution in [2.45, 2.75) is 71.6 Å². The second-order valence-electron chi connectivity index (χ2n) is 5.76. The fourth-order valence-electron chi connectivity index (χ4n) is 3.26. The molecule has 1 saturated carbocycles. The van der Waals surface area contributed by atoms with Crippen molar-refractivity contribution in [3.63, 3.8) is 0 Å². The predicted molar refractivity (Wildman–Crippen MR) is 88.8 cm³/mol. The lowest BCUT2D eigenvalue weighted by Crippen LogP contribution is -2.46. The molecule has 132 valence electrons. The van der Waals surface area contributed by atoms with E-state index in [1.165, 1.54) is 0 Å². The SMILES string of the molecule is CCOC1CCC(CC[Si](OCC)(OCC)OCC)CC1O. The van der Waals surface area contributed by atoms with Gasteiger partial charge in [0.25, 0.3) is 0 Å². The van der Waals surface area contributed by atoms with Crippen LogP contribution in [-0.4, -0.2) is 52.5 Å². The minimum absolute atomic E-state index is 0.00827. The first-order chi connectivity index (χ1) is 10.6. The lowest BCUT2D eigenvalue weighted by molar-refractivity contribution is -0.0671. The van der Waals surface area contributed by atoms with Gasteiger partial charge in [0, 0.05) is 32.5 Å². The molecule has 0 heterocycles. The Hall–Kier alpha value is 0.0169. The van der Waals surface area contributed by atoms with E-state index < -0.39 is 8.80 Å². The van der Waals surface area contributed by atoms with Gasteiger partial charge in [-0.1, -0.05) is 0 Å². The van der Waals surface area contributed by atoms with Crippen LogP contribution in [0.1, 0.15) is 53.4 Å². The average Bonchev–Trinajstić information content (AvgIpc) is 2.49. The van der Waals surface area contributed by atoms with Crippen LogP contribution in [0.4, 0.5) is 0 Å². The van der Waals surface area contributed by atoms with Gasteiger partial charge >= 0.3 is 8.80 Å². The molecule has 0 bridgehead atoms. The van der Waals surface area contributed by atoms with Crippen LogP contribution < -0.4 is 0 Å². The predicted octanol–water partition coefficient (Wildman–Crippen LogP) is 2.99. The number of hydrogen-bond donors (Lipinski definition) is 1. The van der Waals surface area contributed by atoms with E-state index in [1.54, 1.807) is 0 Å². The summed E-state index contributed by atoms with van der Waals surface area (Å²) in [5, 5.41) is 10.2. The largest absolute Gasteiger partial charge is 0.500 e. The van der Waals surface area contributed by atoms with Gasteiger partial charge < -0.3 is 23.1 Å². The summed E-state index contributed by atoms with van der Waals surface area (Å²) in [6.07, 6.45) is 3.49. The normalized spacial score (nSPS) is 26.3. The summed E-state index contributed by atoms with van der Waals surface area (Å²) >= 11 is 0. The summed E-state index contributed by atoms with van der Waals surface area (Å²) < 4.78 is 23.3. The Morgan fingerprint density at radius 1 is 0.909 bits per heavy atom. The first-order valence-electron chi connectivity index (χ1n) is 8.82. The monoisotopic (exact) mass is 334 g/mol. The van der Waals surface area contributed by atoms with Gasteiger partial charge in [-0.2, -0.15) is 0 Å². The number of ether oxygens (including phenoxy) is 1. The Kier molecular flexibility index (Phi) is 9.78. The quantitative estimate of drug-likeness (QED) is 0.589. The first-order valence-corrected chi connectivity index (χ1v) is 10.7. The van der Waals surface area contributed by atoms with Gasteiger partial charge in [-0.05, 0) is 59.3 Å². The molecule has 1 fully saturated rings. The summed E-state index contributed by atoms with van der Waals surface area (Å²) in [5.41, 5.74) is 0. The van der Waals surface area contributed by atoms with Crippen LogP contribution in [0.15, 0.2) is 0 Å². The van der Waals surface area contributed by atoms with Crippen molar-refractivity contribution >= 4 is 8.80 Å². The minimum atomic E-state index is -2.55. The molecule has 5 nitrogen and oxygen atoms in total. The van der Waals surface area contributed by atoms with E-state index in [0.717, 1.165) is 31.7 Å².